The number of hydrogen-bond donors (Lipinski definition) is 0. The van der Waals surface area contributed by atoms with Crippen molar-refractivity contribution in [3.05, 3.63) is 62.9 Å². The predicted octanol–water partition coefficient (Wildman–Crippen LogP) is 5.21. The summed E-state index contributed by atoms with van der Waals surface area (Å²) in [4.78, 5) is 29.5. The van der Waals surface area contributed by atoms with Crippen LogP contribution >= 0.6 is 23.4 Å². The lowest BCUT2D eigenvalue weighted by molar-refractivity contribution is 0.101. The maximum atomic E-state index is 13.1. The molecular weight excluding hydrogens is 408 g/mol. The molecule has 152 valence electrons. The van der Waals surface area contributed by atoms with Crippen molar-refractivity contribution < 1.29 is 9.53 Å². The van der Waals surface area contributed by atoms with Crippen LogP contribution in [0.1, 0.15) is 36.7 Å². The minimum atomic E-state index is -0.0766. The quantitative estimate of drug-likeness (QED) is 0.292. The first-order valence-electron chi connectivity index (χ1n) is 9.31. The Kier molecular flexibility index (Phi) is 6.65. The molecule has 29 heavy (non-hydrogen) atoms. The Bertz CT molecular complexity index is 1120. The van der Waals surface area contributed by atoms with Crippen LogP contribution in [-0.4, -0.2) is 22.4 Å². The van der Waals surface area contributed by atoms with Gasteiger partial charge in [0.2, 0.25) is 0 Å². The van der Waals surface area contributed by atoms with E-state index in [4.69, 9.17) is 21.3 Å². The van der Waals surface area contributed by atoms with E-state index in [1.54, 1.807) is 42.0 Å². The SMILES string of the molecule is COc1ccc(C(C)=O)cc1CSc1nc2cc(Cl)ccc2c(=O)n1CC(C)C. The van der Waals surface area contributed by atoms with Gasteiger partial charge in [-0.1, -0.05) is 37.2 Å². The molecule has 0 bridgehead atoms. The number of nitrogens with zero attached hydrogens (tertiary/aromatic N) is 2. The van der Waals surface area contributed by atoms with Crippen molar-refractivity contribution in [1.82, 2.24) is 9.55 Å². The highest BCUT2D eigenvalue weighted by atomic mass is 35.5. The molecule has 0 saturated heterocycles. The van der Waals surface area contributed by atoms with Crippen molar-refractivity contribution in [2.45, 2.75) is 38.2 Å². The van der Waals surface area contributed by atoms with Crippen LogP contribution in [0.5, 0.6) is 5.75 Å². The number of methoxy groups -OCH3 is 1. The number of carbonyl (C=O) groups is 1. The van der Waals surface area contributed by atoms with Crippen molar-refractivity contribution in [2.24, 2.45) is 5.92 Å². The normalized spacial score (nSPS) is 11.2. The van der Waals surface area contributed by atoms with E-state index in [1.807, 2.05) is 6.07 Å². The molecule has 0 radical (unpaired) electrons. The van der Waals surface area contributed by atoms with Gasteiger partial charge in [-0.2, -0.15) is 0 Å². The second-order valence-corrected chi connectivity index (χ2v) is 8.62. The molecule has 5 nitrogen and oxygen atoms in total. The summed E-state index contributed by atoms with van der Waals surface area (Å²) >= 11 is 7.55. The minimum absolute atomic E-state index is 0.00547. The number of hydrogen-bond acceptors (Lipinski definition) is 5. The number of ketones is 1. The number of aromatic nitrogens is 2. The van der Waals surface area contributed by atoms with Gasteiger partial charge in [0.05, 0.1) is 18.0 Å². The molecule has 3 rings (SSSR count). The number of halogens is 1. The van der Waals surface area contributed by atoms with E-state index in [0.717, 1.165) is 5.56 Å². The number of benzene rings is 2. The molecule has 0 amide bonds. The van der Waals surface area contributed by atoms with Gasteiger partial charge in [-0.05, 0) is 49.2 Å². The topological polar surface area (TPSA) is 61.2 Å². The first-order valence-corrected chi connectivity index (χ1v) is 10.7. The number of thioether (sulfide) groups is 1. The largest absolute Gasteiger partial charge is 0.496 e. The van der Waals surface area contributed by atoms with Crippen molar-refractivity contribution in [1.29, 1.82) is 0 Å². The molecule has 0 aliphatic rings. The molecule has 1 aromatic heterocycles. The van der Waals surface area contributed by atoms with Crippen molar-refractivity contribution in [2.75, 3.05) is 7.11 Å². The second-order valence-electron chi connectivity index (χ2n) is 7.24. The molecule has 3 aromatic rings. The second kappa shape index (κ2) is 9.01. The molecule has 0 aliphatic carbocycles. The zero-order valence-corrected chi connectivity index (χ0v) is 18.4. The number of fused-ring (bicyclic) bond motifs is 1. The molecule has 0 spiro atoms. The lowest BCUT2D eigenvalue weighted by Crippen LogP contribution is -2.25. The van der Waals surface area contributed by atoms with Gasteiger partial charge >= 0.3 is 0 Å². The summed E-state index contributed by atoms with van der Waals surface area (Å²) in [6, 6.07) is 10.5. The summed E-state index contributed by atoms with van der Waals surface area (Å²) in [6.45, 7) is 6.23. The highest BCUT2D eigenvalue weighted by Crippen LogP contribution is 2.29. The van der Waals surface area contributed by atoms with Crippen molar-refractivity contribution >= 4 is 40.0 Å². The van der Waals surface area contributed by atoms with Crippen LogP contribution in [0.15, 0.2) is 46.3 Å². The zero-order valence-electron chi connectivity index (χ0n) is 16.9. The van der Waals surface area contributed by atoms with E-state index < -0.39 is 0 Å². The Labute approximate surface area is 179 Å². The number of ether oxygens (including phenoxy) is 1. The summed E-state index contributed by atoms with van der Waals surface area (Å²) in [5, 5.41) is 1.71. The Balaban J connectivity index is 2.04. The number of Topliss-reactive ketones (excluding diaryl/α,β-unsaturated/α-hetero) is 1. The lowest BCUT2D eigenvalue weighted by atomic mass is 10.1. The maximum absolute atomic E-state index is 13.1. The summed E-state index contributed by atoms with van der Waals surface area (Å²) < 4.78 is 7.16. The summed E-state index contributed by atoms with van der Waals surface area (Å²) in [7, 11) is 1.60. The number of carbonyl (C=O) groups excluding carboxylic acids is 1. The van der Waals surface area contributed by atoms with Gasteiger partial charge in [0, 0.05) is 28.4 Å². The zero-order chi connectivity index (χ0) is 21.1. The van der Waals surface area contributed by atoms with Gasteiger partial charge in [0.1, 0.15) is 5.75 Å². The average Bonchev–Trinajstić information content (AvgIpc) is 2.68. The fourth-order valence-corrected chi connectivity index (χ4v) is 4.22. The Morgan fingerprint density at radius 2 is 2.00 bits per heavy atom. The van der Waals surface area contributed by atoms with E-state index in [2.05, 4.69) is 13.8 Å². The molecule has 0 N–H and O–H groups in total. The lowest BCUT2D eigenvalue weighted by Gasteiger charge is -2.16. The predicted molar refractivity (Wildman–Crippen MR) is 118 cm³/mol. The van der Waals surface area contributed by atoms with Gasteiger partial charge in [-0.3, -0.25) is 14.2 Å². The maximum Gasteiger partial charge on any atom is 0.262 e. The smallest absolute Gasteiger partial charge is 0.262 e. The van der Waals surface area contributed by atoms with Crippen LogP contribution in [0.2, 0.25) is 5.02 Å². The first-order chi connectivity index (χ1) is 13.8. The van der Waals surface area contributed by atoms with E-state index in [0.29, 0.717) is 44.7 Å². The fourth-order valence-electron chi connectivity index (χ4n) is 3.06. The standard InChI is InChI=1S/C22H23ClN2O3S/c1-13(2)11-25-21(27)18-7-6-17(23)10-19(18)24-22(25)29-12-16-9-15(14(3)26)5-8-20(16)28-4/h5-10,13H,11-12H2,1-4H3. The fraction of sp³-hybridized carbons (Fsp3) is 0.318. The van der Waals surface area contributed by atoms with Gasteiger partial charge in [-0.25, -0.2) is 4.98 Å². The van der Waals surface area contributed by atoms with E-state index in [1.165, 1.54) is 18.7 Å². The van der Waals surface area contributed by atoms with Gasteiger partial charge in [-0.15, -0.1) is 0 Å². The van der Waals surface area contributed by atoms with Crippen LogP contribution in [-0.2, 0) is 12.3 Å². The summed E-state index contributed by atoms with van der Waals surface area (Å²) in [6.07, 6.45) is 0. The molecule has 0 fully saturated rings. The Hall–Kier alpha value is -2.31. The summed E-state index contributed by atoms with van der Waals surface area (Å²) in [5.41, 5.74) is 2.00. The molecule has 0 atom stereocenters. The molecule has 2 aromatic carbocycles. The van der Waals surface area contributed by atoms with Crippen LogP contribution in [0, 0.1) is 5.92 Å². The van der Waals surface area contributed by atoms with Crippen LogP contribution in [0.3, 0.4) is 0 Å². The molecule has 0 saturated carbocycles. The molecule has 1 heterocycles. The van der Waals surface area contributed by atoms with Gasteiger partial charge < -0.3 is 4.74 Å². The third kappa shape index (κ3) is 4.82. The van der Waals surface area contributed by atoms with Gasteiger partial charge in [0.15, 0.2) is 10.9 Å². The minimum Gasteiger partial charge on any atom is -0.496 e. The van der Waals surface area contributed by atoms with Crippen molar-refractivity contribution in [3.8, 4) is 5.75 Å². The van der Waals surface area contributed by atoms with Gasteiger partial charge in [0.25, 0.3) is 5.56 Å². The highest BCUT2D eigenvalue weighted by Gasteiger charge is 2.15. The van der Waals surface area contributed by atoms with E-state index in [-0.39, 0.29) is 17.3 Å². The van der Waals surface area contributed by atoms with Crippen LogP contribution in [0.25, 0.3) is 10.9 Å². The highest BCUT2D eigenvalue weighted by molar-refractivity contribution is 7.98. The van der Waals surface area contributed by atoms with E-state index >= 15 is 0 Å². The number of rotatable bonds is 7. The van der Waals surface area contributed by atoms with Crippen LogP contribution in [0.4, 0.5) is 0 Å². The summed E-state index contributed by atoms with van der Waals surface area (Å²) in [5.74, 6) is 1.49. The Morgan fingerprint density at radius 3 is 2.66 bits per heavy atom. The third-order valence-corrected chi connectivity index (χ3v) is 5.73. The molecular formula is C22H23ClN2O3S. The van der Waals surface area contributed by atoms with Crippen molar-refractivity contribution in [3.63, 3.8) is 0 Å². The average molecular weight is 431 g/mol. The third-order valence-electron chi connectivity index (χ3n) is 4.47. The monoisotopic (exact) mass is 430 g/mol. The van der Waals surface area contributed by atoms with E-state index in [9.17, 15) is 9.59 Å². The Morgan fingerprint density at radius 1 is 1.24 bits per heavy atom. The van der Waals surface area contributed by atoms with Crippen LogP contribution < -0.4 is 10.3 Å². The molecule has 7 heteroatoms. The molecule has 0 unspecified atom stereocenters. The molecule has 0 aliphatic heterocycles. The first kappa shape index (κ1) is 21.4.